The Morgan fingerprint density at radius 2 is 1.79 bits per heavy atom. The molecule has 4 aliphatic carbocycles. The van der Waals surface area contributed by atoms with Gasteiger partial charge in [0.15, 0.2) is 9.84 Å². The molecule has 3 fully saturated rings. The number of sulfone groups is 1. The fraction of sp³-hybridized carbons (Fsp3) is 0.690. The van der Waals surface area contributed by atoms with E-state index in [4.69, 9.17) is 0 Å². The fourth-order valence-corrected chi connectivity index (χ4v) is 10.5. The van der Waals surface area contributed by atoms with Crippen molar-refractivity contribution in [1.82, 2.24) is 0 Å². The third kappa shape index (κ3) is 3.85. The van der Waals surface area contributed by atoms with Crippen molar-refractivity contribution in [2.75, 3.05) is 5.75 Å². The molecule has 0 spiro atoms. The van der Waals surface area contributed by atoms with Crippen LogP contribution < -0.4 is 0 Å². The van der Waals surface area contributed by atoms with Crippen LogP contribution in [0.1, 0.15) is 78.6 Å². The highest BCUT2D eigenvalue weighted by molar-refractivity contribution is 7.91. The molecule has 4 aliphatic rings. The lowest BCUT2D eigenvalue weighted by Crippen LogP contribution is -2.55. The highest BCUT2D eigenvalue weighted by Crippen LogP contribution is 2.65. The van der Waals surface area contributed by atoms with Crippen molar-refractivity contribution in [3.8, 4) is 0 Å². The quantitative estimate of drug-likeness (QED) is 0.466. The molecule has 0 N–H and O–H groups in total. The Labute approximate surface area is 200 Å². The Balaban J connectivity index is 1.39. The van der Waals surface area contributed by atoms with E-state index in [9.17, 15) is 13.2 Å². The van der Waals surface area contributed by atoms with Crippen LogP contribution in [0.2, 0.25) is 0 Å². The molecule has 0 aliphatic heterocycles. The van der Waals surface area contributed by atoms with E-state index in [0.717, 1.165) is 25.7 Å². The summed E-state index contributed by atoms with van der Waals surface area (Å²) < 4.78 is 26.3. The summed E-state index contributed by atoms with van der Waals surface area (Å²) >= 11 is 0. The number of carbonyl (C=O) groups excluding carboxylic acids is 1. The molecule has 0 saturated heterocycles. The zero-order valence-corrected chi connectivity index (χ0v) is 21.4. The number of allylic oxidation sites excluding steroid dienone is 2. The van der Waals surface area contributed by atoms with E-state index in [1.54, 1.807) is 12.1 Å². The number of fused-ring (bicyclic) bond motifs is 5. The van der Waals surface area contributed by atoms with Gasteiger partial charge in [0, 0.05) is 12.8 Å². The molecular weight excluding hydrogens is 428 g/mol. The number of carbonyl (C=O) groups is 1. The second-order valence-electron chi connectivity index (χ2n) is 12.1. The van der Waals surface area contributed by atoms with E-state index >= 15 is 0 Å². The minimum atomic E-state index is -3.27. The lowest BCUT2D eigenvalue weighted by Gasteiger charge is -2.62. The van der Waals surface area contributed by atoms with Crippen molar-refractivity contribution >= 4 is 15.6 Å². The fourth-order valence-electron chi connectivity index (χ4n) is 8.84. The Bertz CT molecular complexity index is 1040. The third-order valence-electron chi connectivity index (χ3n) is 10.5. The summed E-state index contributed by atoms with van der Waals surface area (Å²) in [5.41, 5.74) is 1.85. The summed E-state index contributed by atoms with van der Waals surface area (Å²) in [5, 5.41) is 0. The second kappa shape index (κ2) is 8.36. The maximum absolute atomic E-state index is 13.2. The molecule has 33 heavy (non-hydrogen) atoms. The minimum Gasteiger partial charge on any atom is -0.299 e. The largest absolute Gasteiger partial charge is 0.299 e. The number of benzene rings is 1. The van der Waals surface area contributed by atoms with Crippen LogP contribution in [0.5, 0.6) is 0 Å². The average molecular weight is 469 g/mol. The zero-order chi connectivity index (χ0) is 23.4. The lowest BCUT2D eigenvalue weighted by molar-refractivity contribution is -0.125. The SMILES string of the molecule is C[C@H](CS(=O)(=O)c1ccccc1)C1CCC[C@H]2[C@@H]3CC=C4CC(=O)CC[C@]4(C)[C@H]3CC[C@]12C. The first-order valence-corrected chi connectivity index (χ1v) is 14.8. The Kier molecular flexibility index (Phi) is 5.91. The van der Waals surface area contributed by atoms with Crippen molar-refractivity contribution in [3.63, 3.8) is 0 Å². The molecule has 7 atom stereocenters. The molecule has 180 valence electrons. The summed E-state index contributed by atoms with van der Waals surface area (Å²) in [6, 6.07) is 8.99. The lowest BCUT2D eigenvalue weighted by atomic mass is 9.43. The summed E-state index contributed by atoms with van der Waals surface area (Å²) in [7, 11) is -3.27. The topological polar surface area (TPSA) is 51.2 Å². The van der Waals surface area contributed by atoms with Gasteiger partial charge >= 0.3 is 0 Å². The summed E-state index contributed by atoms with van der Waals surface area (Å²) in [4.78, 5) is 12.6. The van der Waals surface area contributed by atoms with Gasteiger partial charge in [0.05, 0.1) is 10.6 Å². The van der Waals surface area contributed by atoms with E-state index in [0.29, 0.717) is 40.8 Å². The molecule has 1 aromatic rings. The van der Waals surface area contributed by atoms with Gasteiger partial charge < -0.3 is 0 Å². The first-order chi connectivity index (χ1) is 15.6. The van der Waals surface area contributed by atoms with Crippen LogP contribution in [0.4, 0.5) is 0 Å². The number of hydrogen-bond acceptors (Lipinski definition) is 3. The molecule has 4 heteroatoms. The molecule has 0 heterocycles. The zero-order valence-electron chi connectivity index (χ0n) is 20.6. The van der Waals surface area contributed by atoms with E-state index in [-0.39, 0.29) is 22.5 Å². The maximum Gasteiger partial charge on any atom is 0.178 e. The van der Waals surface area contributed by atoms with Crippen LogP contribution in [0.25, 0.3) is 0 Å². The van der Waals surface area contributed by atoms with Crippen LogP contribution in [0.3, 0.4) is 0 Å². The van der Waals surface area contributed by atoms with E-state index < -0.39 is 9.84 Å². The molecule has 0 radical (unpaired) electrons. The molecule has 5 rings (SSSR count). The molecule has 3 nitrogen and oxygen atoms in total. The number of ketones is 1. The van der Waals surface area contributed by atoms with Gasteiger partial charge in [-0.25, -0.2) is 8.42 Å². The summed E-state index contributed by atoms with van der Waals surface area (Å²) in [5.74, 6) is 3.34. The standard InChI is InChI=1S/C29H40O3S/c1-20(19-33(31,32)23-8-5-4-6-9-23)25-10-7-11-26-24-13-12-21-18-22(30)14-16-28(21,2)27(24)15-17-29(25,26)3/h4-6,8-9,12,20,24-27H,7,10-11,13-19H2,1-3H3/t20-,24+,25?,26+,27+,28+,29-/m1/s1. The third-order valence-corrected chi connectivity index (χ3v) is 12.5. The first-order valence-electron chi connectivity index (χ1n) is 13.1. The monoisotopic (exact) mass is 468 g/mol. The molecule has 1 unspecified atom stereocenters. The minimum absolute atomic E-state index is 0.164. The van der Waals surface area contributed by atoms with Crippen LogP contribution in [-0.4, -0.2) is 20.0 Å². The first kappa shape index (κ1) is 23.3. The molecule has 0 aromatic heterocycles. The van der Waals surface area contributed by atoms with Crippen molar-refractivity contribution in [1.29, 1.82) is 0 Å². The Hall–Kier alpha value is -1.42. The van der Waals surface area contributed by atoms with Gasteiger partial charge in [-0.1, -0.05) is 57.0 Å². The van der Waals surface area contributed by atoms with Crippen molar-refractivity contribution < 1.29 is 13.2 Å². The summed E-state index contributed by atoms with van der Waals surface area (Å²) in [6.07, 6.45) is 12.1. The van der Waals surface area contributed by atoms with Gasteiger partial charge in [-0.15, -0.1) is 0 Å². The molecular formula is C29H40O3S. The normalized spacial score (nSPS) is 39.6. The molecule has 1 aromatic carbocycles. The second-order valence-corrected chi connectivity index (χ2v) is 14.2. The van der Waals surface area contributed by atoms with Crippen LogP contribution in [-0.2, 0) is 14.6 Å². The predicted molar refractivity (Wildman–Crippen MR) is 132 cm³/mol. The highest BCUT2D eigenvalue weighted by Gasteiger charge is 2.57. The van der Waals surface area contributed by atoms with Gasteiger partial charge in [-0.05, 0) is 91.1 Å². The molecule has 0 amide bonds. The van der Waals surface area contributed by atoms with Gasteiger partial charge in [-0.2, -0.15) is 0 Å². The van der Waals surface area contributed by atoms with Crippen molar-refractivity contribution in [2.24, 2.45) is 40.4 Å². The summed E-state index contributed by atoms with van der Waals surface area (Å²) in [6.45, 7) is 7.13. The maximum atomic E-state index is 13.2. The highest BCUT2D eigenvalue weighted by atomic mass is 32.2. The van der Waals surface area contributed by atoms with Gasteiger partial charge in [0.1, 0.15) is 5.78 Å². The Morgan fingerprint density at radius 3 is 2.55 bits per heavy atom. The predicted octanol–water partition coefficient (Wildman–Crippen LogP) is 6.63. The van der Waals surface area contributed by atoms with Crippen molar-refractivity contribution in [3.05, 3.63) is 42.0 Å². The van der Waals surface area contributed by atoms with Crippen LogP contribution in [0.15, 0.2) is 46.9 Å². The number of hydrogen-bond donors (Lipinski definition) is 0. The van der Waals surface area contributed by atoms with Crippen LogP contribution >= 0.6 is 0 Å². The van der Waals surface area contributed by atoms with Gasteiger partial charge in [0.2, 0.25) is 0 Å². The van der Waals surface area contributed by atoms with E-state index in [2.05, 4.69) is 26.8 Å². The molecule has 0 bridgehead atoms. The smallest absolute Gasteiger partial charge is 0.178 e. The van der Waals surface area contributed by atoms with E-state index in [1.165, 1.54) is 31.3 Å². The van der Waals surface area contributed by atoms with Gasteiger partial charge in [0.25, 0.3) is 0 Å². The number of Topliss-reactive ketones (excluding diaryl/α,β-unsaturated/α-hetero) is 1. The van der Waals surface area contributed by atoms with Crippen LogP contribution in [0, 0.1) is 40.4 Å². The average Bonchev–Trinajstić information content (AvgIpc) is 2.79. The Morgan fingerprint density at radius 1 is 1.03 bits per heavy atom. The van der Waals surface area contributed by atoms with E-state index in [1.807, 2.05) is 18.2 Å². The van der Waals surface area contributed by atoms with Crippen molar-refractivity contribution in [2.45, 2.75) is 83.5 Å². The molecule has 3 saturated carbocycles. The number of rotatable bonds is 4. The van der Waals surface area contributed by atoms with Gasteiger partial charge in [-0.3, -0.25) is 4.79 Å².